The van der Waals surface area contributed by atoms with Gasteiger partial charge in [0.15, 0.2) is 11.5 Å². The van der Waals surface area contributed by atoms with Crippen molar-refractivity contribution in [2.75, 3.05) is 32.3 Å². The minimum Gasteiger partial charge on any atom is -0.493 e. The van der Waals surface area contributed by atoms with Crippen molar-refractivity contribution in [3.63, 3.8) is 0 Å². The molecule has 1 N–H and O–H groups in total. The van der Waals surface area contributed by atoms with Gasteiger partial charge in [0.2, 0.25) is 11.7 Å². The maximum atomic E-state index is 13.5. The highest BCUT2D eigenvalue weighted by atomic mass is 16.5. The molecule has 4 aliphatic heterocycles. The molecule has 1 aliphatic carbocycles. The van der Waals surface area contributed by atoms with Crippen LogP contribution in [-0.2, 0) is 29.3 Å². The van der Waals surface area contributed by atoms with Crippen molar-refractivity contribution in [3.05, 3.63) is 17.7 Å². The normalized spacial score (nSPS) is 35.5. The van der Waals surface area contributed by atoms with E-state index in [1.165, 1.54) is 7.11 Å². The highest BCUT2D eigenvalue weighted by Crippen LogP contribution is 2.65. The Bertz CT molecular complexity index is 1120. The van der Waals surface area contributed by atoms with E-state index < -0.39 is 53.7 Å². The summed E-state index contributed by atoms with van der Waals surface area (Å²) in [6.07, 6.45) is 0.279. The third-order valence-corrected chi connectivity index (χ3v) is 8.42. The van der Waals surface area contributed by atoms with Crippen LogP contribution in [0.2, 0.25) is 0 Å². The van der Waals surface area contributed by atoms with Gasteiger partial charge in [-0.2, -0.15) is 0 Å². The van der Waals surface area contributed by atoms with Crippen LogP contribution in [0.25, 0.3) is 0 Å². The van der Waals surface area contributed by atoms with Crippen LogP contribution in [-0.4, -0.2) is 79.1 Å². The van der Waals surface area contributed by atoms with Crippen LogP contribution in [0.1, 0.15) is 24.8 Å². The van der Waals surface area contributed by atoms with E-state index in [-0.39, 0.29) is 18.4 Å². The van der Waals surface area contributed by atoms with Crippen LogP contribution in [0, 0.1) is 11.8 Å². The number of nitrogens with zero attached hydrogens (tertiary/aromatic N) is 2. The van der Waals surface area contributed by atoms with E-state index in [0.29, 0.717) is 36.6 Å². The van der Waals surface area contributed by atoms with Crippen molar-refractivity contribution in [1.82, 2.24) is 4.90 Å². The van der Waals surface area contributed by atoms with Gasteiger partial charge >= 0.3 is 5.97 Å². The quantitative estimate of drug-likeness (QED) is 0.630. The number of carboxylic acids is 1. The summed E-state index contributed by atoms with van der Waals surface area (Å²) in [7, 11) is 3.08. The van der Waals surface area contributed by atoms with Gasteiger partial charge in [-0.1, -0.05) is 0 Å². The van der Waals surface area contributed by atoms with Gasteiger partial charge in [0.05, 0.1) is 38.5 Å². The number of aliphatic carboxylic acids is 1. The average molecular weight is 456 g/mol. The van der Waals surface area contributed by atoms with Gasteiger partial charge in [-0.15, -0.1) is 0 Å². The molecule has 2 bridgehead atoms. The molecule has 6 atom stereocenters. The maximum absolute atomic E-state index is 13.5. The first-order valence-corrected chi connectivity index (χ1v) is 11.1. The first-order valence-electron chi connectivity index (χ1n) is 11.1. The standard InChI is InChI=1S/C23H24N2O8/c1-31-13-6-11-12(7-14(13)32-2)25-17(26)8-15(33-9-18(27)28)19-10-5-16-23(11,21(19)25)3-4-24(16)22(30)20(10)29/h6-7,10,15-16,19,21H,3-5,8-9H2,1-2H3,(H,27,28)/t10-,15+,16-,19+,21-,23+/m0/s1. The number of methoxy groups -OCH3 is 2. The van der Waals surface area contributed by atoms with E-state index in [9.17, 15) is 24.3 Å². The summed E-state index contributed by atoms with van der Waals surface area (Å²) in [5.41, 5.74) is 1.04. The lowest BCUT2D eigenvalue weighted by atomic mass is 9.54. The van der Waals surface area contributed by atoms with Gasteiger partial charge in [0.1, 0.15) is 6.61 Å². The summed E-state index contributed by atoms with van der Waals surface area (Å²) in [4.78, 5) is 54.3. The summed E-state index contributed by atoms with van der Waals surface area (Å²) in [6, 6.07) is 3.07. The first kappa shape index (κ1) is 20.5. The maximum Gasteiger partial charge on any atom is 0.329 e. The largest absolute Gasteiger partial charge is 0.493 e. The number of amides is 2. The second-order valence-electron chi connectivity index (χ2n) is 9.47. The third kappa shape index (κ3) is 2.36. The molecule has 1 aromatic carbocycles. The Morgan fingerprint density at radius 3 is 2.61 bits per heavy atom. The molecule has 1 aromatic rings. The number of carbonyl (C=O) groups excluding carboxylic acids is 3. The van der Waals surface area contributed by atoms with Crippen LogP contribution < -0.4 is 14.4 Å². The zero-order valence-electron chi connectivity index (χ0n) is 18.3. The van der Waals surface area contributed by atoms with Gasteiger partial charge in [0, 0.05) is 35.9 Å². The van der Waals surface area contributed by atoms with Gasteiger partial charge in [-0.05, 0) is 24.5 Å². The molecule has 10 heteroatoms. The number of rotatable bonds is 5. The number of ether oxygens (including phenoxy) is 3. The van der Waals surface area contributed by atoms with Gasteiger partial charge in [0.25, 0.3) is 5.91 Å². The van der Waals surface area contributed by atoms with Crippen LogP contribution >= 0.6 is 0 Å². The Morgan fingerprint density at radius 2 is 1.91 bits per heavy atom. The minimum absolute atomic E-state index is 0.0509. The molecular weight excluding hydrogens is 432 g/mol. The van der Waals surface area contributed by atoms with E-state index in [4.69, 9.17) is 14.2 Å². The van der Waals surface area contributed by atoms with Crippen molar-refractivity contribution in [1.29, 1.82) is 0 Å². The number of piperidine rings is 2. The lowest BCUT2D eigenvalue weighted by molar-refractivity contribution is -0.166. The predicted octanol–water partition coefficient (Wildman–Crippen LogP) is 0.350. The summed E-state index contributed by atoms with van der Waals surface area (Å²) in [6.45, 7) is -0.130. The highest BCUT2D eigenvalue weighted by molar-refractivity contribution is 6.38. The molecule has 2 amide bonds. The number of carbonyl (C=O) groups is 4. The average Bonchev–Trinajstić information content (AvgIpc) is 3.34. The molecule has 33 heavy (non-hydrogen) atoms. The van der Waals surface area contributed by atoms with Crippen molar-refractivity contribution < 1.29 is 38.5 Å². The van der Waals surface area contributed by atoms with Crippen molar-refractivity contribution in [3.8, 4) is 11.5 Å². The summed E-state index contributed by atoms with van der Waals surface area (Å²) >= 11 is 0. The van der Waals surface area contributed by atoms with Crippen molar-refractivity contribution in [2.45, 2.75) is 42.9 Å². The molecule has 6 rings (SSSR count). The number of anilines is 1. The molecule has 0 radical (unpaired) electrons. The fourth-order valence-electron chi connectivity index (χ4n) is 7.35. The first-order chi connectivity index (χ1) is 15.8. The second kappa shape index (κ2) is 6.69. The summed E-state index contributed by atoms with van der Waals surface area (Å²) in [5.74, 6) is -2.33. The molecule has 4 heterocycles. The smallest absolute Gasteiger partial charge is 0.329 e. The lowest BCUT2D eigenvalue weighted by Gasteiger charge is -2.57. The van der Waals surface area contributed by atoms with Gasteiger partial charge < -0.3 is 29.1 Å². The molecule has 0 unspecified atom stereocenters. The second-order valence-corrected chi connectivity index (χ2v) is 9.47. The Balaban J connectivity index is 1.58. The minimum atomic E-state index is -1.14. The SMILES string of the molecule is COc1cc2c(cc1OC)[C@]13CCN4C(=O)C(=O)[C@@H](C[C@H]41)[C@H]1[C@@H]3N2C(=O)C[C@H]1OCC(=O)O. The molecule has 1 spiro atoms. The van der Waals surface area contributed by atoms with Crippen molar-refractivity contribution in [2.24, 2.45) is 11.8 Å². The Kier molecular flexibility index (Phi) is 4.15. The molecule has 174 valence electrons. The number of hydrogen-bond acceptors (Lipinski definition) is 7. The zero-order valence-corrected chi connectivity index (χ0v) is 18.3. The van der Waals surface area contributed by atoms with Gasteiger partial charge in [-0.3, -0.25) is 14.4 Å². The van der Waals surface area contributed by atoms with Crippen LogP contribution in [0.15, 0.2) is 12.1 Å². The number of fused-ring (bicyclic) bond motifs is 4. The molecule has 0 aromatic heterocycles. The van der Waals surface area contributed by atoms with Crippen LogP contribution in [0.4, 0.5) is 5.69 Å². The van der Waals surface area contributed by atoms with E-state index in [1.807, 2.05) is 6.07 Å². The third-order valence-electron chi connectivity index (χ3n) is 8.42. The molecule has 5 aliphatic rings. The van der Waals surface area contributed by atoms with Crippen LogP contribution in [0.5, 0.6) is 11.5 Å². The molecule has 10 nitrogen and oxygen atoms in total. The Hall–Kier alpha value is -3.14. The highest BCUT2D eigenvalue weighted by Gasteiger charge is 2.73. The molecular formula is C23H24N2O8. The van der Waals surface area contributed by atoms with E-state index in [2.05, 4.69) is 0 Å². The topological polar surface area (TPSA) is 123 Å². The monoisotopic (exact) mass is 456 g/mol. The Morgan fingerprint density at radius 1 is 1.18 bits per heavy atom. The number of ketones is 1. The van der Waals surface area contributed by atoms with Gasteiger partial charge in [-0.25, -0.2) is 4.79 Å². The van der Waals surface area contributed by atoms with Crippen LogP contribution in [0.3, 0.4) is 0 Å². The number of benzene rings is 1. The Labute approximate surface area is 189 Å². The molecule has 3 saturated heterocycles. The van der Waals surface area contributed by atoms with E-state index in [1.54, 1.807) is 23.0 Å². The lowest BCUT2D eigenvalue weighted by Crippen LogP contribution is -2.71. The van der Waals surface area contributed by atoms with E-state index >= 15 is 0 Å². The van der Waals surface area contributed by atoms with E-state index in [0.717, 1.165) is 5.56 Å². The predicted molar refractivity (Wildman–Crippen MR) is 111 cm³/mol. The summed E-state index contributed by atoms with van der Waals surface area (Å²) < 4.78 is 16.8. The number of carboxylic acid groups (broad SMARTS) is 1. The fraction of sp³-hybridized carbons (Fsp3) is 0.565. The van der Waals surface area contributed by atoms with Crippen molar-refractivity contribution >= 4 is 29.3 Å². The molecule has 4 fully saturated rings. The summed E-state index contributed by atoms with van der Waals surface area (Å²) in [5, 5.41) is 9.18. The zero-order chi connectivity index (χ0) is 23.2. The fourth-order valence-corrected chi connectivity index (χ4v) is 7.35. The number of hydrogen-bond donors (Lipinski definition) is 1. The number of Topliss-reactive ketones (excluding diaryl/α,β-unsaturated/α-hetero) is 1. The molecule has 1 saturated carbocycles.